The lowest BCUT2D eigenvalue weighted by Crippen LogP contribution is -2.00. The molecule has 0 saturated heterocycles. The van der Waals surface area contributed by atoms with Crippen molar-refractivity contribution in [3.63, 3.8) is 0 Å². The van der Waals surface area contributed by atoms with Crippen LogP contribution in [0.5, 0.6) is 0 Å². The molecule has 2 heterocycles. The van der Waals surface area contributed by atoms with Gasteiger partial charge in [-0.3, -0.25) is 19.6 Å². The van der Waals surface area contributed by atoms with E-state index in [1.807, 2.05) is 0 Å². The van der Waals surface area contributed by atoms with E-state index < -0.39 is 11.9 Å². The van der Waals surface area contributed by atoms with Crippen LogP contribution < -0.4 is 0 Å². The van der Waals surface area contributed by atoms with Crippen molar-refractivity contribution in [1.82, 2.24) is 19.9 Å². The number of hydrogen-bond donors (Lipinski definition) is 2. The zero-order valence-corrected chi connectivity index (χ0v) is 16.8. The van der Waals surface area contributed by atoms with Crippen molar-refractivity contribution < 1.29 is 19.8 Å². The van der Waals surface area contributed by atoms with Crippen LogP contribution in [0, 0.1) is 0 Å². The van der Waals surface area contributed by atoms with Crippen LogP contribution in [-0.4, -0.2) is 42.1 Å². The average molecular weight is 445 g/mol. The summed E-state index contributed by atoms with van der Waals surface area (Å²) in [5.74, 6) is -1.74. The van der Waals surface area contributed by atoms with Crippen LogP contribution in [-0.2, 0) is 22.4 Å². The highest BCUT2D eigenvalue weighted by atomic mass is 35.5. The summed E-state index contributed by atoms with van der Waals surface area (Å²) >= 11 is 11.4. The molecule has 0 spiro atoms. The number of carboxylic acids is 2. The molecular formula is C20H14Cl2N4O4. The largest absolute Gasteiger partial charge is 0.481 e. The van der Waals surface area contributed by atoms with Crippen LogP contribution in [0.2, 0.25) is 10.3 Å². The molecule has 2 N–H and O–H groups in total. The molecule has 4 rings (SSSR count). The summed E-state index contributed by atoms with van der Waals surface area (Å²) in [5, 5.41) is 17.9. The van der Waals surface area contributed by atoms with E-state index in [1.165, 1.54) is 12.4 Å². The van der Waals surface area contributed by atoms with Gasteiger partial charge in [0.2, 0.25) is 0 Å². The number of nitrogens with zero attached hydrogens (tertiary/aromatic N) is 4. The normalized spacial score (nSPS) is 10.5. The lowest BCUT2D eigenvalue weighted by atomic mass is 10.1. The molecule has 0 aliphatic carbocycles. The van der Waals surface area contributed by atoms with Crippen LogP contribution in [0.15, 0.2) is 48.8 Å². The Balaban J connectivity index is 0.000000171. The van der Waals surface area contributed by atoms with E-state index in [0.29, 0.717) is 43.5 Å². The molecule has 0 saturated carbocycles. The lowest BCUT2D eigenvalue weighted by molar-refractivity contribution is -0.137. The van der Waals surface area contributed by atoms with E-state index in [2.05, 4.69) is 19.9 Å². The SMILES string of the molecule is O=C(O)Cc1ccc2nc(Cl)cnc2c1.O=C(O)Cc1ccc2ncc(Cl)nc2c1. The molecule has 0 fully saturated rings. The predicted molar refractivity (Wildman–Crippen MR) is 112 cm³/mol. The molecule has 2 aromatic heterocycles. The molecule has 0 aliphatic rings. The Labute approximate surface area is 180 Å². The summed E-state index contributed by atoms with van der Waals surface area (Å²) in [6.45, 7) is 0. The summed E-state index contributed by atoms with van der Waals surface area (Å²) in [4.78, 5) is 37.2. The number of benzene rings is 2. The fraction of sp³-hybridized carbons (Fsp3) is 0.100. The summed E-state index contributed by atoms with van der Waals surface area (Å²) in [5.41, 5.74) is 4.02. The van der Waals surface area contributed by atoms with Crippen molar-refractivity contribution in [3.8, 4) is 0 Å². The van der Waals surface area contributed by atoms with Gasteiger partial charge in [0.15, 0.2) is 0 Å². The van der Waals surface area contributed by atoms with E-state index in [1.54, 1.807) is 36.4 Å². The zero-order valence-electron chi connectivity index (χ0n) is 15.3. The monoisotopic (exact) mass is 444 g/mol. The number of fused-ring (bicyclic) bond motifs is 2. The van der Waals surface area contributed by atoms with Gasteiger partial charge in [-0.1, -0.05) is 35.3 Å². The van der Waals surface area contributed by atoms with Crippen LogP contribution >= 0.6 is 23.2 Å². The quantitative estimate of drug-likeness (QED) is 0.486. The third-order valence-corrected chi connectivity index (χ3v) is 4.23. The second-order valence-electron chi connectivity index (χ2n) is 6.17. The molecule has 0 aliphatic heterocycles. The van der Waals surface area contributed by atoms with Crippen molar-refractivity contribution in [3.05, 3.63) is 70.2 Å². The Morgan fingerprint density at radius 2 is 1.17 bits per heavy atom. The van der Waals surface area contributed by atoms with Gasteiger partial charge in [-0.05, 0) is 35.4 Å². The summed E-state index contributed by atoms with van der Waals surface area (Å²) in [6, 6.07) is 10.3. The molecule has 0 radical (unpaired) electrons. The molecule has 10 heteroatoms. The number of aliphatic carboxylic acids is 2. The Hall–Kier alpha value is -3.36. The minimum absolute atomic E-state index is 0.0136. The highest BCUT2D eigenvalue weighted by Gasteiger charge is 2.04. The molecule has 8 nitrogen and oxygen atoms in total. The minimum atomic E-state index is -0.871. The van der Waals surface area contributed by atoms with Gasteiger partial charge in [0.25, 0.3) is 0 Å². The predicted octanol–water partition coefficient (Wildman–Crippen LogP) is 3.82. The third kappa shape index (κ3) is 5.82. The fourth-order valence-electron chi connectivity index (χ4n) is 2.64. The Morgan fingerprint density at radius 1 is 0.700 bits per heavy atom. The maximum Gasteiger partial charge on any atom is 0.307 e. The second kappa shape index (κ2) is 9.43. The number of hydrogen-bond acceptors (Lipinski definition) is 6. The summed E-state index contributed by atoms with van der Waals surface area (Å²) < 4.78 is 0. The first kappa shape index (κ1) is 21.4. The van der Waals surface area contributed by atoms with E-state index in [4.69, 9.17) is 33.4 Å². The van der Waals surface area contributed by atoms with E-state index in [0.717, 1.165) is 0 Å². The fourth-order valence-corrected chi connectivity index (χ4v) is 2.92. The zero-order chi connectivity index (χ0) is 21.7. The lowest BCUT2D eigenvalue weighted by Gasteiger charge is -2.00. The van der Waals surface area contributed by atoms with Crippen molar-refractivity contribution in [2.75, 3.05) is 0 Å². The highest BCUT2D eigenvalue weighted by Crippen LogP contribution is 2.15. The van der Waals surface area contributed by atoms with Gasteiger partial charge in [0.1, 0.15) is 10.3 Å². The first-order valence-electron chi connectivity index (χ1n) is 8.56. The minimum Gasteiger partial charge on any atom is -0.481 e. The molecule has 0 unspecified atom stereocenters. The van der Waals surface area contributed by atoms with E-state index in [-0.39, 0.29) is 12.8 Å². The maximum absolute atomic E-state index is 10.5. The first-order chi connectivity index (χ1) is 14.3. The smallest absolute Gasteiger partial charge is 0.307 e. The number of rotatable bonds is 4. The van der Waals surface area contributed by atoms with Gasteiger partial charge < -0.3 is 10.2 Å². The molecule has 2 aromatic carbocycles. The Bertz CT molecular complexity index is 1250. The van der Waals surface area contributed by atoms with Crippen molar-refractivity contribution in [2.45, 2.75) is 12.8 Å². The van der Waals surface area contributed by atoms with Crippen LogP contribution in [0.25, 0.3) is 22.1 Å². The number of carboxylic acid groups (broad SMARTS) is 2. The van der Waals surface area contributed by atoms with Crippen molar-refractivity contribution in [1.29, 1.82) is 0 Å². The topological polar surface area (TPSA) is 126 Å². The maximum atomic E-state index is 10.5. The number of aromatic nitrogens is 4. The summed E-state index contributed by atoms with van der Waals surface area (Å²) in [7, 11) is 0. The molecule has 30 heavy (non-hydrogen) atoms. The molecule has 152 valence electrons. The van der Waals surface area contributed by atoms with Gasteiger partial charge in [-0.15, -0.1) is 0 Å². The van der Waals surface area contributed by atoms with Crippen molar-refractivity contribution >= 4 is 57.2 Å². The van der Waals surface area contributed by atoms with Gasteiger partial charge >= 0.3 is 11.9 Å². The molecule has 0 bridgehead atoms. The van der Waals surface area contributed by atoms with E-state index >= 15 is 0 Å². The standard InChI is InChI=1S/2C10H7ClN2O2/c11-9-5-12-8-3-6(4-10(14)15)1-2-7(8)13-9;11-9-5-12-7-2-1-6(4-10(14)15)3-8(7)13-9/h2*1-3,5H,4H2,(H,14,15). The van der Waals surface area contributed by atoms with Crippen LogP contribution in [0.3, 0.4) is 0 Å². The number of halogens is 2. The average Bonchev–Trinajstić information content (AvgIpc) is 2.67. The number of carbonyl (C=O) groups is 2. The molecule has 0 amide bonds. The van der Waals surface area contributed by atoms with Gasteiger partial charge in [-0.2, -0.15) is 0 Å². The molecule has 0 atom stereocenters. The Kier molecular flexibility index (Phi) is 6.71. The van der Waals surface area contributed by atoms with E-state index in [9.17, 15) is 9.59 Å². The first-order valence-corrected chi connectivity index (χ1v) is 9.32. The van der Waals surface area contributed by atoms with Gasteiger partial charge in [0.05, 0.1) is 47.3 Å². The summed E-state index contributed by atoms with van der Waals surface area (Å²) in [6.07, 6.45) is 2.86. The van der Waals surface area contributed by atoms with Crippen LogP contribution in [0.4, 0.5) is 0 Å². The highest BCUT2D eigenvalue weighted by molar-refractivity contribution is 6.29. The third-order valence-electron chi connectivity index (χ3n) is 3.87. The second-order valence-corrected chi connectivity index (χ2v) is 6.95. The van der Waals surface area contributed by atoms with Gasteiger partial charge in [-0.25, -0.2) is 9.97 Å². The van der Waals surface area contributed by atoms with Gasteiger partial charge in [0, 0.05) is 0 Å². The Morgan fingerprint density at radius 3 is 1.73 bits per heavy atom. The molecular weight excluding hydrogens is 431 g/mol. The van der Waals surface area contributed by atoms with Crippen LogP contribution in [0.1, 0.15) is 11.1 Å². The molecule has 4 aromatic rings. The van der Waals surface area contributed by atoms with Crippen molar-refractivity contribution in [2.24, 2.45) is 0 Å².